The van der Waals surface area contributed by atoms with Crippen LogP contribution in [0.2, 0.25) is 0 Å². The first-order chi connectivity index (χ1) is 13.5. The van der Waals surface area contributed by atoms with Crippen LogP contribution >= 0.6 is 15.9 Å². The second kappa shape index (κ2) is 8.84. The summed E-state index contributed by atoms with van der Waals surface area (Å²) in [5, 5.41) is 9.80. The van der Waals surface area contributed by atoms with Gasteiger partial charge in [-0.25, -0.2) is 0 Å². The van der Waals surface area contributed by atoms with Crippen molar-refractivity contribution in [1.29, 1.82) is 0 Å². The van der Waals surface area contributed by atoms with Gasteiger partial charge in [-0.3, -0.25) is 9.69 Å². The summed E-state index contributed by atoms with van der Waals surface area (Å²) in [5.41, 5.74) is 1.71. The molecule has 1 heterocycles. The Morgan fingerprint density at radius 1 is 1.07 bits per heavy atom. The summed E-state index contributed by atoms with van der Waals surface area (Å²) in [7, 11) is 4.83. The molecule has 7 heteroatoms. The van der Waals surface area contributed by atoms with E-state index in [-0.39, 0.29) is 6.04 Å². The minimum atomic E-state index is -0.821. The number of hydrogen-bond donors (Lipinski definition) is 1. The maximum Gasteiger partial charge on any atom is 0.320 e. The van der Waals surface area contributed by atoms with Crippen molar-refractivity contribution in [3.63, 3.8) is 0 Å². The number of halogens is 1. The van der Waals surface area contributed by atoms with Crippen LogP contribution in [0, 0.1) is 0 Å². The molecule has 1 aliphatic heterocycles. The summed E-state index contributed by atoms with van der Waals surface area (Å²) < 4.78 is 17.6. The number of nitrogens with zero attached hydrogens (tertiary/aromatic N) is 1. The molecule has 3 rings (SSSR count). The largest absolute Gasteiger partial charge is 0.497 e. The van der Waals surface area contributed by atoms with E-state index in [2.05, 4.69) is 15.9 Å². The average Bonchev–Trinajstić information content (AvgIpc) is 3.18. The van der Waals surface area contributed by atoms with Crippen LogP contribution in [-0.4, -0.2) is 49.9 Å². The van der Waals surface area contributed by atoms with Gasteiger partial charge in [0.15, 0.2) is 0 Å². The van der Waals surface area contributed by atoms with Crippen molar-refractivity contribution in [1.82, 2.24) is 4.90 Å². The van der Waals surface area contributed by atoms with Gasteiger partial charge in [-0.1, -0.05) is 15.9 Å². The van der Waals surface area contributed by atoms with Crippen molar-refractivity contribution >= 4 is 21.9 Å². The van der Waals surface area contributed by atoms with Gasteiger partial charge in [0.05, 0.1) is 27.4 Å². The zero-order valence-corrected chi connectivity index (χ0v) is 17.7. The van der Waals surface area contributed by atoms with E-state index < -0.39 is 12.0 Å². The highest BCUT2D eigenvalue weighted by Crippen LogP contribution is 2.44. The van der Waals surface area contributed by atoms with E-state index in [1.54, 1.807) is 21.3 Å². The summed E-state index contributed by atoms with van der Waals surface area (Å²) in [4.78, 5) is 13.9. The van der Waals surface area contributed by atoms with Crippen molar-refractivity contribution in [2.24, 2.45) is 0 Å². The van der Waals surface area contributed by atoms with Crippen LogP contribution in [0.3, 0.4) is 0 Å². The fraction of sp³-hybridized carbons (Fsp3) is 0.381. The van der Waals surface area contributed by atoms with Gasteiger partial charge in [0.2, 0.25) is 0 Å². The van der Waals surface area contributed by atoms with Crippen molar-refractivity contribution in [2.45, 2.75) is 24.9 Å². The Bertz CT molecular complexity index is 857. The van der Waals surface area contributed by atoms with Gasteiger partial charge in [0.1, 0.15) is 23.3 Å². The second-order valence-electron chi connectivity index (χ2n) is 6.63. The van der Waals surface area contributed by atoms with Gasteiger partial charge in [-0.2, -0.15) is 0 Å². The number of hydrogen-bond acceptors (Lipinski definition) is 5. The minimum absolute atomic E-state index is 0.360. The van der Waals surface area contributed by atoms with E-state index >= 15 is 0 Å². The number of rotatable bonds is 7. The third-order valence-electron chi connectivity index (χ3n) is 5.13. The first kappa shape index (κ1) is 20.5. The standard InChI is InChI=1S/C21H24BrNO5/c1-26-14-7-9-19(28-3)16(12-14)20(23-10-4-5-17(23)21(24)25)15-11-13(22)6-8-18(15)27-2/h6-9,11-12,17,20H,4-5,10H2,1-3H3,(H,24,25). The van der Waals surface area contributed by atoms with Crippen molar-refractivity contribution in [3.05, 3.63) is 52.0 Å². The van der Waals surface area contributed by atoms with E-state index in [1.807, 2.05) is 41.3 Å². The van der Waals surface area contributed by atoms with Crippen molar-refractivity contribution in [3.8, 4) is 17.2 Å². The van der Waals surface area contributed by atoms with E-state index in [9.17, 15) is 9.90 Å². The Balaban J connectivity index is 2.24. The van der Waals surface area contributed by atoms with Gasteiger partial charge in [0, 0.05) is 22.1 Å². The lowest BCUT2D eigenvalue weighted by atomic mass is 9.94. The fourth-order valence-electron chi connectivity index (χ4n) is 3.86. The molecule has 0 aromatic heterocycles. The predicted octanol–water partition coefficient (Wildman–Crippen LogP) is 4.11. The Labute approximate surface area is 173 Å². The maximum absolute atomic E-state index is 11.9. The summed E-state index contributed by atoms with van der Waals surface area (Å²) in [6.07, 6.45) is 1.42. The molecule has 28 heavy (non-hydrogen) atoms. The molecule has 2 aromatic rings. The number of benzene rings is 2. The van der Waals surface area contributed by atoms with Gasteiger partial charge in [0.25, 0.3) is 0 Å². The molecule has 1 fully saturated rings. The molecule has 2 aromatic carbocycles. The second-order valence-corrected chi connectivity index (χ2v) is 7.55. The molecular formula is C21H24BrNO5. The lowest BCUT2D eigenvalue weighted by molar-refractivity contribution is -0.142. The third-order valence-corrected chi connectivity index (χ3v) is 5.62. The highest BCUT2D eigenvalue weighted by atomic mass is 79.9. The third kappa shape index (κ3) is 3.95. The Morgan fingerprint density at radius 2 is 1.71 bits per heavy atom. The van der Waals surface area contributed by atoms with Gasteiger partial charge in [-0.15, -0.1) is 0 Å². The Kier molecular flexibility index (Phi) is 6.46. The Hall–Kier alpha value is -2.25. The number of methoxy groups -OCH3 is 3. The smallest absolute Gasteiger partial charge is 0.320 e. The first-order valence-corrected chi connectivity index (χ1v) is 9.83. The number of aliphatic carboxylic acids is 1. The quantitative estimate of drug-likeness (QED) is 0.685. The lowest BCUT2D eigenvalue weighted by Crippen LogP contribution is -2.39. The predicted molar refractivity (Wildman–Crippen MR) is 109 cm³/mol. The Morgan fingerprint density at radius 3 is 2.32 bits per heavy atom. The molecule has 0 aliphatic carbocycles. The van der Waals surface area contributed by atoms with E-state index in [1.165, 1.54) is 0 Å². The molecule has 0 radical (unpaired) electrons. The molecule has 1 saturated heterocycles. The summed E-state index contributed by atoms with van der Waals surface area (Å²) >= 11 is 3.54. The highest BCUT2D eigenvalue weighted by molar-refractivity contribution is 9.10. The molecule has 1 aliphatic rings. The van der Waals surface area contributed by atoms with Crippen LogP contribution in [0.4, 0.5) is 0 Å². The van der Waals surface area contributed by atoms with Crippen LogP contribution in [0.1, 0.15) is 30.0 Å². The average molecular weight is 450 g/mol. The minimum Gasteiger partial charge on any atom is -0.497 e. The number of carboxylic acid groups (broad SMARTS) is 1. The molecule has 0 saturated carbocycles. The number of carboxylic acids is 1. The van der Waals surface area contributed by atoms with Gasteiger partial charge < -0.3 is 19.3 Å². The molecule has 150 valence electrons. The topological polar surface area (TPSA) is 68.2 Å². The molecule has 1 N–H and O–H groups in total. The molecule has 6 nitrogen and oxygen atoms in total. The molecular weight excluding hydrogens is 426 g/mol. The number of likely N-dealkylation sites (tertiary alicyclic amines) is 1. The lowest BCUT2D eigenvalue weighted by Gasteiger charge is -2.33. The van der Waals surface area contributed by atoms with Crippen LogP contribution in [0.5, 0.6) is 17.2 Å². The number of ether oxygens (including phenoxy) is 3. The van der Waals surface area contributed by atoms with Crippen LogP contribution in [-0.2, 0) is 4.79 Å². The maximum atomic E-state index is 11.9. The zero-order chi connectivity index (χ0) is 20.3. The van der Waals surface area contributed by atoms with E-state index in [4.69, 9.17) is 14.2 Å². The summed E-state index contributed by atoms with van der Waals surface area (Å²) in [5.74, 6) is 1.22. The van der Waals surface area contributed by atoms with E-state index in [0.29, 0.717) is 30.2 Å². The summed E-state index contributed by atoms with van der Waals surface area (Å²) in [6, 6.07) is 10.4. The SMILES string of the molecule is COc1ccc(OC)c(C(c2cc(Br)ccc2OC)N2CCCC2C(=O)O)c1. The molecule has 2 atom stereocenters. The summed E-state index contributed by atoms with van der Waals surface area (Å²) in [6.45, 7) is 0.664. The molecule has 0 bridgehead atoms. The normalized spacial score (nSPS) is 17.9. The molecule has 0 amide bonds. The molecule has 2 unspecified atom stereocenters. The number of carbonyl (C=O) groups is 1. The first-order valence-electron chi connectivity index (χ1n) is 9.04. The highest BCUT2D eigenvalue weighted by Gasteiger charge is 2.39. The fourth-order valence-corrected chi connectivity index (χ4v) is 4.24. The van der Waals surface area contributed by atoms with Crippen LogP contribution in [0.15, 0.2) is 40.9 Å². The monoisotopic (exact) mass is 449 g/mol. The van der Waals surface area contributed by atoms with Crippen molar-refractivity contribution < 1.29 is 24.1 Å². The van der Waals surface area contributed by atoms with Crippen LogP contribution < -0.4 is 14.2 Å². The zero-order valence-electron chi connectivity index (χ0n) is 16.1. The van der Waals surface area contributed by atoms with Crippen LogP contribution in [0.25, 0.3) is 0 Å². The molecule has 0 spiro atoms. The van der Waals surface area contributed by atoms with Crippen molar-refractivity contribution in [2.75, 3.05) is 27.9 Å². The van der Waals surface area contributed by atoms with Gasteiger partial charge >= 0.3 is 5.97 Å². The van der Waals surface area contributed by atoms with Gasteiger partial charge in [-0.05, 0) is 49.2 Å². The van der Waals surface area contributed by atoms with E-state index in [0.717, 1.165) is 22.0 Å².